The van der Waals surface area contributed by atoms with Gasteiger partial charge in [0.05, 0.1) is 19.1 Å². The first-order valence-electron chi connectivity index (χ1n) is 8.73. The number of fused-ring (bicyclic) bond motifs is 1. The molecule has 4 rings (SSSR count). The lowest BCUT2D eigenvalue weighted by molar-refractivity contribution is 0.110. The largest absolute Gasteiger partial charge is 0.468 e. The summed E-state index contributed by atoms with van der Waals surface area (Å²) in [6.07, 6.45) is 3.99. The molecular weight excluding hydrogens is 336 g/mol. The first-order valence-corrected chi connectivity index (χ1v) is 10.6. The molecule has 2 aromatic rings. The molecule has 0 spiro atoms. The van der Waals surface area contributed by atoms with E-state index in [1.165, 1.54) is 11.8 Å². The second kappa shape index (κ2) is 6.27. The molecule has 2 atom stereocenters. The summed E-state index contributed by atoms with van der Waals surface area (Å²) in [5.74, 6) is 1.26. The van der Waals surface area contributed by atoms with E-state index in [9.17, 15) is 8.42 Å². The second-order valence-corrected chi connectivity index (χ2v) is 9.32. The molecule has 134 valence electrons. The van der Waals surface area contributed by atoms with Crippen molar-refractivity contribution in [3.8, 4) is 0 Å². The van der Waals surface area contributed by atoms with Crippen LogP contribution in [-0.2, 0) is 22.0 Å². The number of rotatable bonds is 4. The molecule has 0 unspecified atom stereocenters. The minimum atomic E-state index is -3.18. The van der Waals surface area contributed by atoms with Crippen LogP contribution in [0, 0.1) is 5.92 Å². The summed E-state index contributed by atoms with van der Waals surface area (Å²) in [6, 6.07) is 14.3. The third kappa shape index (κ3) is 3.14. The SMILES string of the molecule is CS(=O)(=O)N1C[C@@H]2CN(Cc3ccco3)CC[C@]2(c2ccccc2)C1. The van der Waals surface area contributed by atoms with Crippen LogP contribution in [0.4, 0.5) is 0 Å². The Morgan fingerprint density at radius 3 is 2.64 bits per heavy atom. The molecule has 0 bridgehead atoms. The van der Waals surface area contributed by atoms with Gasteiger partial charge in [0.15, 0.2) is 0 Å². The predicted molar refractivity (Wildman–Crippen MR) is 96.6 cm³/mol. The summed E-state index contributed by atoms with van der Waals surface area (Å²) >= 11 is 0. The topological polar surface area (TPSA) is 53.8 Å². The van der Waals surface area contributed by atoms with Crippen LogP contribution in [0.5, 0.6) is 0 Å². The smallest absolute Gasteiger partial charge is 0.211 e. The number of furan rings is 1. The van der Waals surface area contributed by atoms with Crippen LogP contribution in [0.1, 0.15) is 17.7 Å². The second-order valence-electron chi connectivity index (χ2n) is 7.34. The Kier molecular flexibility index (Phi) is 4.22. The summed E-state index contributed by atoms with van der Waals surface area (Å²) in [5.41, 5.74) is 1.19. The van der Waals surface area contributed by atoms with Crippen LogP contribution in [-0.4, -0.2) is 50.1 Å². The van der Waals surface area contributed by atoms with Gasteiger partial charge < -0.3 is 4.42 Å². The maximum Gasteiger partial charge on any atom is 0.211 e. The highest BCUT2D eigenvalue weighted by Gasteiger charge is 2.52. The van der Waals surface area contributed by atoms with E-state index in [0.29, 0.717) is 19.0 Å². The van der Waals surface area contributed by atoms with Crippen LogP contribution in [0.25, 0.3) is 0 Å². The number of piperidine rings is 1. The zero-order valence-electron chi connectivity index (χ0n) is 14.5. The summed E-state index contributed by atoms with van der Waals surface area (Å²) in [7, 11) is -3.18. The van der Waals surface area contributed by atoms with Crippen LogP contribution in [0.2, 0.25) is 0 Å². The van der Waals surface area contributed by atoms with E-state index in [0.717, 1.165) is 31.8 Å². The lowest BCUT2D eigenvalue weighted by Crippen LogP contribution is -2.49. The van der Waals surface area contributed by atoms with Crippen molar-refractivity contribution in [3.05, 3.63) is 60.1 Å². The van der Waals surface area contributed by atoms with Gasteiger partial charge in [0, 0.05) is 25.0 Å². The van der Waals surface area contributed by atoms with Crippen LogP contribution >= 0.6 is 0 Å². The Labute approximate surface area is 149 Å². The molecule has 2 fully saturated rings. The van der Waals surface area contributed by atoms with E-state index >= 15 is 0 Å². The van der Waals surface area contributed by atoms with Crippen LogP contribution in [0.15, 0.2) is 53.1 Å². The van der Waals surface area contributed by atoms with Gasteiger partial charge in [-0.05, 0) is 36.6 Å². The van der Waals surface area contributed by atoms with E-state index in [1.54, 1.807) is 10.6 Å². The quantitative estimate of drug-likeness (QED) is 0.840. The van der Waals surface area contributed by atoms with Gasteiger partial charge in [0.25, 0.3) is 0 Å². The molecule has 6 heteroatoms. The summed E-state index contributed by atoms with van der Waals surface area (Å²) in [6.45, 7) is 3.82. The van der Waals surface area contributed by atoms with E-state index in [-0.39, 0.29) is 5.41 Å². The number of hydrogen-bond donors (Lipinski definition) is 0. The highest BCUT2D eigenvalue weighted by Crippen LogP contribution is 2.46. The van der Waals surface area contributed by atoms with Crippen molar-refractivity contribution in [2.24, 2.45) is 5.92 Å². The molecule has 0 radical (unpaired) electrons. The van der Waals surface area contributed by atoms with Crippen molar-refractivity contribution in [2.45, 2.75) is 18.4 Å². The van der Waals surface area contributed by atoms with Crippen molar-refractivity contribution < 1.29 is 12.8 Å². The minimum Gasteiger partial charge on any atom is -0.468 e. The molecule has 5 nitrogen and oxygen atoms in total. The monoisotopic (exact) mass is 360 g/mol. The molecule has 2 aliphatic rings. The van der Waals surface area contributed by atoms with Gasteiger partial charge >= 0.3 is 0 Å². The van der Waals surface area contributed by atoms with Gasteiger partial charge in [-0.1, -0.05) is 30.3 Å². The average Bonchev–Trinajstić information content (AvgIpc) is 3.23. The Hall–Kier alpha value is -1.63. The molecule has 1 aromatic heterocycles. The van der Waals surface area contributed by atoms with E-state index in [1.807, 2.05) is 18.2 Å². The zero-order chi connectivity index (χ0) is 17.5. The van der Waals surface area contributed by atoms with E-state index in [4.69, 9.17) is 4.42 Å². The van der Waals surface area contributed by atoms with Crippen LogP contribution in [0.3, 0.4) is 0 Å². The summed E-state index contributed by atoms with van der Waals surface area (Å²) < 4.78 is 31.5. The van der Waals surface area contributed by atoms with Gasteiger partial charge in [-0.15, -0.1) is 0 Å². The standard InChI is InChI=1S/C19H24N2O3S/c1-25(22,23)21-13-17-12-20(14-18-8-5-11-24-18)10-9-19(17,15-21)16-6-3-2-4-7-16/h2-8,11,17H,9-10,12-15H2,1H3/t17-,19+/m0/s1. The number of nitrogens with zero attached hydrogens (tertiary/aromatic N) is 2. The molecule has 1 aromatic carbocycles. The number of likely N-dealkylation sites (tertiary alicyclic amines) is 1. The number of sulfonamides is 1. The molecule has 3 heterocycles. The Morgan fingerprint density at radius 2 is 1.96 bits per heavy atom. The van der Waals surface area contributed by atoms with Gasteiger partial charge in [-0.25, -0.2) is 12.7 Å². The number of benzene rings is 1. The highest BCUT2D eigenvalue weighted by atomic mass is 32.2. The van der Waals surface area contributed by atoms with Crippen LogP contribution < -0.4 is 0 Å². The van der Waals surface area contributed by atoms with Crippen molar-refractivity contribution in [3.63, 3.8) is 0 Å². The lowest BCUT2D eigenvalue weighted by Gasteiger charge is -2.43. The zero-order valence-corrected chi connectivity index (χ0v) is 15.3. The first kappa shape index (κ1) is 16.8. The molecule has 0 aliphatic carbocycles. The van der Waals surface area contributed by atoms with Gasteiger partial charge in [0.1, 0.15) is 5.76 Å². The fourth-order valence-electron chi connectivity index (χ4n) is 4.47. The fraction of sp³-hybridized carbons (Fsp3) is 0.474. The maximum atomic E-state index is 12.2. The van der Waals surface area contributed by atoms with E-state index < -0.39 is 10.0 Å². The van der Waals surface area contributed by atoms with Crippen molar-refractivity contribution >= 4 is 10.0 Å². The van der Waals surface area contributed by atoms with Crippen molar-refractivity contribution in [2.75, 3.05) is 32.4 Å². The van der Waals surface area contributed by atoms with Gasteiger partial charge in [-0.2, -0.15) is 0 Å². The van der Waals surface area contributed by atoms with Crippen molar-refractivity contribution in [1.82, 2.24) is 9.21 Å². The van der Waals surface area contributed by atoms with Crippen molar-refractivity contribution in [1.29, 1.82) is 0 Å². The molecule has 2 saturated heterocycles. The maximum absolute atomic E-state index is 12.2. The fourth-order valence-corrected chi connectivity index (χ4v) is 5.38. The Bertz CT molecular complexity index is 820. The van der Waals surface area contributed by atoms with Gasteiger partial charge in [0.2, 0.25) is 10.0 Å². The predicted octanol–water partition coefficient (Wildman–Crippen LogP) is 2.31. The molecule has 25 heavy (non-hydrogen) atoms. The molecular formula is C19H24N2O3S. The molecule has 0 amide bonds. The average molecular weight is 360 g/mol. The molecule has 0 saturated carbocycles. The first-order chi connectivity index (χ1) is 12.0. The normalized spacial score (nSPS) is 28.1. The lowest BCUT2D eigenvalue weighted by atomic mass is 9.68. The third-order valence-electron chi connectivity index (χ3n) is 5.79. The summed E-state index contributed by atoms with van der Waals surface area (Å²) in [4.78, 5) is 2.39. The molecule has 2 aliphatic heterocycles. The number of hydrogen-bond acceptors (Lipinski definition) is 4. The Balaban J connectivity index is 1.62. The highest BCUT2D eigenvalue weighted by molar-refractivity contribution is 7.88. The Morgan fingerprint density at radius 1 is 1.16 bits per heavy atom. The third-order valence-corrected chi connectivity index (χ3v) is 7.01. The molecule has 0 N–H and O–H groups in total. The summed E-state index contributed by atoms with van der Waals surface area (Å²) in [5, 5.41) is 0. The van der Waals surface area contributed by atoms with Gasteiger partial charge in [-0.3, -0.25) is 4.90 Å². The van der Waals surface area contributed by atoms with E-state index in [2.05, 4.69) is 29.2 Å². The minimum absolute atomic E-state index is 0.0794.